The van der Waals surface area contributed by atoms with Gasteiger partial charge in [0.1, 0.15) is 0 Å². The highest BCUT2D eigenvalue weighted by molar-refractivity contribution is 5.03. The lowest BCUT2D eigenvalue weighted by atomic mass is 9.88. The number of hydrogen-bond donors (Lipinski definition) is 1. The van der Waals surface area contributed by atoms with Crippen LogP contribution in [0.25, 0.3) is 0 Å². The highest BCUT2D eigenvalue weighted by Gasteiger charge is 2.11. The first-order valence-electron chi connectivity index (χ1n) is 10.6. The molecule has 0 aromatic carbocycles. The molecule has 138 valence electrons. The molecule has 1 atom stereocenters. The van der Waals surface area contributed by atoms with Gasteiger partial charge in [-0.3, -0.25) is 0 Å². The van der Waals surface area contributed by atoms with E-state index in [2.05, 4.69) is 26.8 Å². The maximum atomic E-state index is 9.39. The molecular formula is C22H44O. The van der Waals surface area contributed by atoms with Gasteiger partial charge in [-0.2, -0.15) is 0 Å². The third kappa shape index (κ3) is 15.0. The van der Waals surface area contributed by atoms with Gasteiger partial charge < -0.3 is 5.11 Å². The number of allylic oxidation sites excluding steroid dienone is 2. The van der Waals surface area contributed by atoms with E-state index in [1.807, 2.05) is 0 Å². The van der Waals surface area contributed by atoms with E-state index in [1.54, 1.807) is 5.57 Å². The van der Waals surface area contributed by atoms with Crippen molar-refractivity contribution >= 4 is 0 Å². The van der Waals surface area contributed by atoms with E-state index in [-0.39, 0.29) is 0 Å². The summed E-state index contributed by atoms with van der Waals surface area (Å²) >= 11 is 0. The van der Waals surface area contributed by atoms with Crippen LogP contribution in [0.3, 0.4) is 0 Å². The van der Waals surface area contributed by atoms with Crippen molar-refractivity contribution in [2.45, 2.75) is 117 Å². The molecule has 0 amide bonds. The fourth-order valence-electron chi connectivity index (χ4n) is 3.35. The summed E-state index contributed by atoms with van der Waals surface area (Å²) in [5, 5.41) is 9.39. The molecule has 0 aliphatic carbocycles. The molecule has 1 nitrogen and oxygen atoms in total. The average molecular weight is 325 g/mol. The highest BCUT2D eigenvalue weighted by atomic mass is 16.3. The lowest BCUT2D eigenvalue weighted by Crippen LogP contribution is -2.05. The Morgan fingerprint density at radius 3 is 2.09 bits per heavy atom. The Labute approximate surface area is 147 Å². The van der Waals surface area contributed by atoms with E-state index in [1.165, 1.54) is 89.9 Å². The second-order valence-electron chi connectivity index (χ2n) is 7.25. The number of aliphatic hydroxyl groups excluding tert-OH is 1. The Bertz CT molecular complexity index is 257. The summed E-state index contributed by atoms with van der Waals surface area (Å²) in [7, 11) is 0. The van der Waals surface area contributed by atoms with Gasteiger partial charge in [-0.1, -0.05) is 90.2 Å². The largest absolute Gasteiger partial charge is 0.396 e. The molecule has 0 saturated carbocycles. The van der Waals surface area contributed by atoms with E-state index >= 15 is 0 Å². The van der Waals surface area contributed by atoms with Gasteiger partial charge in [0.15, 0.2) is 0 Å². The first-order chi connectivity index (χ1) is 11.3. The van der Waals surface area contributed by atoms with E-state index in [4.69, 9.17) is 0 Å². The summed E-state index contributed by atoms with van der Waals surface area (Å²) < 4.78 is 0. The molecule has 1 heteroatoms. The molecule has 0 bridgehead atoms. The molecule has 0 heterocycles. The van der Waals surface area contributed by atoms with Crippen LogP contribution in [0, 0.1) is 5.92 Å². The van der Waals surface area contributed by atoms with Crippen LogP contribution in [0.5, 0.6) is 0 Å². The quantitative estimate of drug-likeness (QED) is 0.218. The van der Waals surface area contributed by atoms with Gasteiger partial charge in [0.05, 0.1) is 0 Å². The Hall–Kier alpha value is -0.300. The number of unbranched alkanes of at least 4 members (excludes halogenated alkanes) is 8. The summed E-state index contributed by atoms with van der Waals surface area (Å²) in [6.45, 7) is 7.19. The van der Waals surface area contributed by atoms with Crippen LogP contribution in [0.15, 0.2) is 11.6 Å². The molecule has 0 aromatic heterocycles. The lowest BCUT2D eigenvalue weighted by Gasteiger charge is -2.18. The second-order valence-corrected chi connectivity index (χ2v) is 7.25. The van der Waals surface area contributed by atoms with Gasteiger partial charge >= 0.3 is 0 Å². The van der Waals surface area contributed by atoms with Gasteiger partial charge in [-0.25, -0.2) is 0 Å². The molecule has 0 aromatic rings. The van der Waals surface area contributed by atoms with Gasteiger partial charge in [0.2, 0.25) is 0 Å². The van der Waals surface area contributed by atoms with Crippen molar-refractivity contribution in [2.75, 3.05) is 6.61 Å². The first kappa shape index (κ1) is 22.7. The SMILES string of the molecule is CCCCC/C=C(\CCCCC)CC(CCO)CCCCCC. The minimum Gasteiger partial charge on any atom is -0.396 e. The summed E-state index contributed by atoms with van der Waals surface area (Å²) in [5.41, 5.74) is 1.68. The fraction of sp³-hybridized carbons (Fsp3) is 0.909. The Balaban J connectivity index is 4.37. The van der Waals surface area contributed by atoms with Crippen molar-refractivity contribution in [1.29, 1.82) is 0 Å². The molecule has 0 aliphatic heterocycles. The van der Waals surface area contributed by atoms with E-state index < -0.39 is 0 Å². The maximum Gasteiger partial charge on any atom is 0.0433 e. The normalized spacial score (nSPS) is 13.5. The number of rotatable bonds is 17. The molecule has 1 N–H and O–H groups in total. The second kappa shape index (κ2) is 18.0. The van der Waals surface area contributed by atoms with Crippen LogP contribution < -0.4 is 0 Å². The van der Waals surface area contributed by atoms with Crippen LogP contribution in [-0.4, -0.2) is 11.7 Å². The fourth-order valence-corrected chi connectivity index (χ4v) is 3.35. The Kier molecular flexibility index (Phi) is 17.8. The molecule has 0 radical (unpaired) electrons. The third-order valence-corrected chi connectivity index (χ3v) is 4.90. The van der Waals surface area contributed by atoms with Crippen LogP contribution in [0.1, 0.15) is 117 Å². The number of aliphatic hydroxyl groups is 1. The molecule has 23 heavy (non-hydrogen) atoms. The molecule has 0 aliphatic rings. The van der Waals surface area contributed by atoms with Crippen LogP contribution in [0.4, 0.5) is 0 Å². The van der Waals surface area contributed by atoms with Crippen molar-refractivity contribution in [3.8, 4) is 0 Å². The highest BCUT2D eigenvalue weighted by Crippen LogP contribution is 2.26. The molecule has 0 rings (SSSR count). The summed E-state index contributed by atoms with van der Waals surface area (Å²) in [5.74, 6) is 0.705. The first-order valence-corrected chi connectivity index (χ1v) is 10.6. The topological polar surface area (TPSA) is 20.2 Å². The summed E-state index contributed by atoms with van der Waals surface area (Å²) in [6, 6.07) is 0. The summed E-state index contributed by atoms with van der Waals surface area (Å²) in [6.07, 6.45) is 22.0. The van der Waals surface area contributed by atoms with E-state index in [0.717, 1.165) is 6.42 Å². The summed E-state index contributed by atoms with van der Waals surface area (Å²) in [4.78, 5) is 0. The monoisotopic (exact) mass is 324 g/mol. The van der Waals surface area contributed by atoms with Crippen molar-refractivity contribution < 1.29 is 5.11 Å². The van der Waals surface area contributed by atoms with Crippen molar-refractivity contribution in [2.24, 2.45) is 5.92 Å². The van der Waals surface area contributed by atoms with Gasteiger partial charge in [-0.05, 0) is 44.4 Å². The third-order valence-electron chi connectivity index (χ3n) is 4.90. The lowest BCUT2D eigenvalue weighted by molar-refractivity contribution is 0.248. The van der Waals surface area contributed by atoms with Gasteiger partial charge in [0.25, 0.3) is 0 Å². The molecule has 0 spiro atoms. The predicted molar refractivity (Wildman–Crippen MR) is 105 cm³/mol. The van der Waals surface area contributed by atoms with Crippen LogP contribution in [0.2, 0.25) is 0 Å². The zero-order valence-electron chi connectivity index (χ0n) is 16.4. The average Bonchev–Trinajstić information content (AvgIpc) is 2.55. The van der Waals surface area contributed by atoms with Crippen molar-refractivity contribution in [3.63, 3.8) is 0 Å². The molecule has 0 saturated heterocycles. The van der Waals surface area contributed by atoms with Gasteiger partial charge in [0, 0.05) is 6.61 Å². The Morgan fingerprint density at radius 1 is 0.783 bits per heavy atom. The standard InChI is InChI=1S/C22H44O/c1-4-7-10-13-16-21(15-12-9-6-3)20-22(18-19-23)17-14-11-8-5-2/h16,22-23H,4-15,17-20H2,1-3H3/b21-16+. The van der Waals surface area contributed by atoms with Crippen molar-refractivity contribution in [3.05, 3.63) is 11.6 Å². The molecule has 0 fully saturated rings. The van der Waals surface area contributed by atoms with Crippen LogP contribution >= 0.6 is 0 Å². The zero-order valence-corrected chi connectivity index (χ0v) is 16.4. The maximum absolute atomic E-state index is 9.39. The van der Waals surface area contributed by atoms with Crippen LogP contribution in [-0.2, 0) is 0 Å². The van der Waals surface area contributed by atoms with E-state index in [0.29, 0.717) is 12.5 Å². The minimum atomic E-state index is 0.358. The molecular weight excluding hydrogens is 280 g/mol. The zero-order chi connectivity index (χ0) is 17.2. The smallest absolute Gasteiger partial charge is 0.0433 e. The van der Waals surface area contributed by atoms with E-state index in [9.17, 15) is 5.11 Å². The molecule has 1 unspecified atom stereocenters. The van der Waals surface area contributed by atoms with Crippen molar-refractivity contribution in [1.82, 2.24) is 0 Å². The predicted octanol–water partition coefficient (Wildman–Crippen LogP) is 7.43. The number of hydrogen-bond acceptors (Lipinski definition) is 1. The Morgan fingerprint density at radius 2 is 1.43 bits per heavy atom. The van der Waals surface area contributed by atoms with Gasteiger partial charge in [-0.15, -0.1) is 0 Å². The minimum absolute atomic E-state index is 0.358.